The van der Waals surface area contributed by atoms with Gasteiger partial charge in [-0.3, -0.25) is 9.59 Å². The third-order valence-corrected chi connectivity index (χ3v) is 4.08. The van der Waals surface area contributed by atoms with Crippen molar-refractivity contribution in [2.45, 2.75) is 33.2 Å². The highest BCUT2D eigenvalue weighted by Gasteiger charge is 2.28. The molecule has 3 rings (SSSR count). The Hall–Kier alpha value is -2.63. The molecule has 1 aliphatic rings. The van der Waals surface area contributed by atoms with E-state index < -0.39 is 0 Å². The van der Waals surface area contributed by atoms with E-state index in [-0.39, 0.29) is 24.3 Å². The van der Waals surface area contributed by atoms with Crippen molar-refractivity contribution >= 4 is 17.5 Å². The first-order valence-corrected chi connectivity index (χ1v) is 7.59. The summed E-state index contributed by atoms with van der Waals surface area (Å²) in [4.78, 5) is 26.8. The molecule has 0 fully saturated rings. The van der Waals surface area contributed by atoms with E-state index in [1.165, 1.54) is 0 Å². The number of benzene rings is 1. The van der Waals surface area contributed by atoms with Gasteiger partial charge < -0.3 is 14.7 Å². The molecule has 6 nitrogen and oxygen atoms in total. The lowest BCUT2D eigenvalue weighted by molar-refractivity contribution is -0.118. The van der Waals surface area contributed by atoms with E-state index in [9.17, 15) is 9.59 Å². The number of fused-ring (bicyclic) bond motifs is 1. The number of carbonyl (C=O) groups is 2. The first-order valence-electron chi connectivity index (χ1n) is 7.59. The largest absolute Gasteiger partial charge is 0.361 e. The molecule has 2 heterocycles. The number of para-hydroxylation sites is 1. The molecule has 0 bridgehead atoms. The zero-order chi connectivity index (χ0) is 16.6. The second-order valence-corrected chi connectivity index (χ2v) is 5.88. The number of nitrogens with zero attached hydrogens (tertiary/aromatic N) is 2. The van der Waals surface area contributed by atoms with Gasteiger partial charge >= 0.3 is 0 Å². The van der Waals surface area contributed by atoms with Crippen LogP contribution in [0.5, 0.6) is 0 Å². The molecule has 0 unspecified atom stereocenters. The molecular weight excluding hydrogens is 294 g/mol. The lowest BCUT2D eigenvalue weighted by Gasteiger charge is -2.24. The van der Waals surface area contributed by atoms with Crippen molar-refractivity contribution in [3.8, 4) is 0 Å². The number of aryl methyl sites for hydroxylation is 2. The van der Waals surface area contributed by atoms with Crippen molar-refractivity contribution in [3.63, 3.8) is 0 Å². The summed E-state index contributed by atoms with van der Waals surface area (Å²) in [5.74, 6) is 0.428. The standard InChI is InChI=1S/C17H19N3O3/c1-10-9-20(15-7-5-4-6-13(15)17(22)18-10)16(21)8-14-11(2)19-23-12(14)3/h4-7,10H,8-9H2,1-3H3,(H,18,22)/t10-/m1/s1. The molecule has 0 saturated heterocycles. The van der Waals surface area contributed by atoms with Crippen molar-refractivity contribution in [2.75, 3.05) is 11.4 Å². The molecule has 1 N–H and O–H groups in total. The van der Waals surface area contributed by atoms with Gasteiger partial charge in [0.1, 0.15) is 5.76 Å². The monoisotopic (exact) mass is 313 g/mol. The molecule has 1 atom stereocenters. The Morgan fingerprint density at radius 3 is 2.83 bits per heavy atom. The maximum absolute atomic E-state index is 12.9. The normalized spacial score (nSPS) is 17.4. The fraction of sp³-hybridized carbons (Fsp3) is 0.353. The number of hydrogen-bond acceptors (Lipinski definition) is 4. The number of aromatic nitrogens is 1. The van der Waals surface area contributed by atoms with Crippen molar-refractivity contribution in [1.82, 2.24) is 10.5 Å². The fourth-order valence-electron chi connectivity index (χ4n) is 2.86. The van der Waals surface area contributed by atoms with E-state index in [4.69, 9.17) is 4.52 Å². The molecule has 2 amide bonds. The molecule has 0 spiro atoms. The van der Waals surface area contributed by atoms with Crippen molar-refractivity contribution in [2.24, 2.45) is 0 Å². The van der Waals surface area contributed by atoms with Crippen LogP contribution in [0.1, 0.15) is 34.3 Å². The van der Waals surface area contributed by atoms with Crippen LogP contribution in [0.4, 0.5) is 5.69 Å². The number of amides is 2. The summed E-state index contributed by atoms with van der Waals surface area (Å²) >= 11 is 0. The average Bonchev–Trinajstić information content (AvgIpc) is 2.77. The fourth-order valence-corrected chi connectivity index (χ4v) is 2.86. The Kier molecular flexibility index (Phi) is 3.90. The van der Waals surface area contributed by atoms with Crippen LogP contribution in [-0.4, -0.2) is 29.6 Å². The minimum Gasteiger partial charge on any atom is -0.361 e. The van der Waals surface area contributed by atoms with Crippen molar-refractivity contribution < 1.29 is 14.1 Å². The summed E-state index contributed by atoms with van der Waals surface area (Å²) in [5, 5.41) is 6.79. The zero-order valence-electron chi connectivity index (χ0n) is 13.4. The summed E-state index contributed by atoms with van der Waals surface area (Å²) in [6.45, 7) is 5.95. The Morgan fingerprint density at radius 1 is 1.39 bits per heavy atom. The maximum atomic E-state index is 12.9. The Labute approximate surface area is 134 Å². The van der Waals surface area contributed by atoms with E-state index in [1.54, 1.807) is 30.0 Å². The van der Waals surface area contributed by atoms with E-state index in [0.29, 0.717) is 23.6 Å². The molecule has 120 valence electrons. The Morgan fingerprint density at radius 2 is 2.13 bits per heavy atom. The summed E-state index contributed by atoms with van der Waals surface area (Å²) in [6.07, 6.45) is 0.205. The van der Waals surface area contributed by atoms with E-state index >= 15 is 0 Å². The van der Waals surface area contributed by atoms with E-state index in [2.05, 4.69) is 10.5 Å². The van der Waals surface area contributed by atoms with Crippen molar-refractivity contribution in [1.29, 1.82) is 0 Å². The van der Waals surface area contributed by atoms with Crippen LogP contribution in [0.2, 0.25) is 0 Å². The van der Waals surface area contributed by atoms with Crippen LogP contribution in [0, 0.1) is 13.8 Å². The van der Waals surface area contributed by atoms with Gasteiger partial charge in [-0.05, 0) is 32.9 Å². The number of rotatable bonds is 2. The Bertz CT molecular complexity index is 747. The van der Waals surface area contributed by atoms with Gasteiger partial charge in [0.25, 0.3) is 5.91 Å². The van der Waals surface area contributed by atoms with Gasteiger partial charge in [-0.2, -0.15) is 0 Å². The highest BCUT2D eigenvalue weighted by molar-refractivity contribution is 6.06. The number of nitrogens with one attached hydrogen (secondary N) is 1. The van der Waals surface area contributed by atoms with Gasteiger partial charge in [-0.25, -0.2) is 0 Å². The minimum absolute atomic E-state index is 0.0739. The van der Waals surface area contributed by atoms with Gasteiger partial charge in [-0.15, -0.1) is 0 Å². The SMILES string of the molecule is Cc1noc(C)c1CC(=O)N1C[C@@H](C)NC(=O)c2ccccc21. The summed E-state index contributed by atoms with van der Waals surface area (Å²) in [5.41, 5.74) is 2.69. The predicted molar refractivity (Wildman–Crippen MR) is 85.4 cm³/mol. The van der Waals surface area contributed by atoms with Crippen LogP contribution in [-0.2, 0) is 11.2 Å². The van der Waals surface area contributed by atoms with Crippen molar-refractivity contribution in [3.05, 3.63) is 46.8 Å². The third kappa shape index (κ3) is 2.84. The van der Waals surface area contributed by atoms with E-state index in [0.717, 1.165) is 11.3 Å². The zero-order valence-corrected chi connectivity index (χ0v) is 13.4. The molecule has 1 aromatic carbocycles. The number of anilines is 1. The number of carbonyl (C=O) groups excluding carboxylic acids is 2. The van der Waals surface area contributed by atoms with E-state index in [1.807, 2.05) is 19.9 Å². The molecule has 0 radical (unpaired) electrons. The molecule has 1 aliphatic heterocycles. The summed E-state index contributed by atoms with van der Waals surface area (Å²) < 4.78 is 5.13. The first kappa shape index (κ1) is 15.3. The highest BCUT2D eigenvalue weighted by atomic mass is 16.5. The second kappa shape index (κ2) is 5.87. The van der Waals surface area contributed by atoms with Crippen LogP contribution in [0.3, 0.4) is 0 Å². The molecule has 23 heavy (non-hydrogen) atoms. The van der Waals surface area contributed by atoms with Gasteiger partial charge in [-0.1, -0.05) is 17.3 Å². The van der Waals surface area contributed by atoms with Gasteiger partial charge in [0.15, 0.2) is 0 Å². The smallest absolute Gasteiger partial charge is 0.253 e. The second-order valence-electron chi connectivity index (χ2n) is 5.88. The highest BCUT2D eigenvalue weighted by Crippen LogP contribution is 2.25. The molecule has 1 aromatic heterocycles. The topological polar surface area (TPSA) is 75.4 Å². The van der Waals surface area contributed by atoms with Crippen LogP contribution >= 0.6 is 0 Å². The minimum atomic E-state index is -0.152. The Balaban J connectivity index is 1.95. The summed E-state index contributed by atoms with van der Waals surface area (Å²) in [6, 6.07) is 7.05. The van der Waals surface area contributed by atoms with Crippen LogP contribution < -0.4 is 10.2 Å². The third-order valence-electron chi connectivity index (χ3n) is 4.08. The molecule has 6 heteroatoms. The van der Waals surface area contributed by atoms with Gasteiger partial charge in [0.2, 0.25) is 5.91 Å². The van der Waals surface area contributed by atoms with Gasteiger partial charge in [0.05, 0.1) is 23.4 Å². The number of hydrogen-bond donors (Lipinski definition) is 1. The average molecular weight is 313 g/mol. The molecule has 2 aromatic rings. The maximum Gasteiger partial charge on any atom is 0.253 e. The lowest BCUT2D eigenvalue weighted by Crippen LogP contribution is -2.41. The molecule has 0 saturated carbocycles. The van der Waals surface area contributed by atoms with Gasteiger partial charge in [0, 0.05) is 18.2 Å². The quantitative estimate of drug-likeness (QED) is 0.920. The first-order chi connectivity index (χ1) is 11.0. The summed E-state index contributed by atoms with van der Waals surface area (Å²) in [7, 11) is 0. The lowest BCUT2D eigenvalue weighted by atomic mass is 10.1. The van der Waals surface area contributed by atoms with Crippen LogP contribution in [0.15, 0.2) is 28.8 Å². The predicted octanol–water partition coefficient (Wildman–Crippen LogP) is 2.00. The molecular formula is C17H19N3O3. The van der Waals surface area contributed by atoms with Crippen LogP contribution in [0.25, 0.3) is 0 Å². The molecule has 0 aliphatic carbocycles.